The van der Waals surface area contributed by atoms with Crippen molar-refractivity contribution in [3.05, 3.63) is 65.0 Å². The van der Waals surface area contributed by atoms with Gasteiger partial charge in [0.25, 0.3) is 10.0 Å². The lowest BCUT2D eigenvalue weighted by molar-refractivity contribution is 0.601. The molecule has 4 nitrogen and oxygen atoms in total. The van der Waals surface area contributed by atoms with Gasteiger partial charge in [0.15, 0.2) is 0 Å². The van der Waals surface area contributed by atoms with Crippen LogP contribution in [0.3, 0.4) is 0 Å². The van der Waals surface area contributed by atoms with Gasteiger partial charge in [0, 0.05) is 11.6 Å². The van der Waals surface area contributed by atoms with Crippen LogP contribution in [-0.4, -0.2) is 13.4 Å². The number of hydrogen-bond donors (Lipinski definition) is 1. The van der Waals surface area contributed by atoms with Crippen molar-refractivity contribution >= 4 is 42.5 Å². The molecule has 0 aliphatic carbocycles. The lowest BCUT2D eigenvalue weighted by Gasteiger charge is -2.10. The van der Waals surface area contributed by atoms with Crippen molar-refractivity contribution in [3.63, 3.8) is 0 Å². The predicted octanol–water partition coefficient (Wildman–Crippen LogP) is 3.94. The van der Waals surface area contributed by atoms with Crippen LogP contribution in [0.4, 0.5) is 10.1 Å². The Morgan fingerprint density at radius 1 is 1.09 bits per heavy atom. The molecule has 0 fully saturated rings. The van der Waals surface area contributed by atoms with Gasteiger partial charge in [0.2, 0.25) is 0 Å². The number of rotatable bonds is 3. The molecule has 3 rings (SSSR count). The number of halogens is 2. The third kappa shape index (κ3) is 2.82. The first-order valence-electron chi connectivity index (χ1n) is 6.29. The maximum absolute atomic E-state index is 13.5. The summed E-state index contributed by atoms with van der Waals surface area (Å²) in [7, 11) is -3.86. The van der Waals surface area contributed by atoms with Crippen molar-refractivity contribution in [2.24, 2.45) is 0 Å². The number of sulfonamides is 1. The van der Waals surface area contributed by atoms with E-state index in [9.17, 15) is 12.8 Å². The average Bonchev–Trinajstić information content (AvgIpc) is 2.50. The molecule has 0 saturated heterocycles. The molecule has 0 bridgehead atoms. The van der Waals surface area contributed by atoms with Crippen molar-refractivity contribution in [2.75, 3.05) is 4.72 Å². The van der Waals surface area contributed by atoms with Gasteiger partial charge in [-0.15, -0.1) is 0 Å². The molecule has 3 aromatic rings. The summed E-state index contributed by atoms with van der Waals surface area (Å²) in [5, 5.41) is 0.715. The molecule has 0 radical (unpaired) electrons. The minimum absolute atomic E-state index is 0.0499. The number of anilines is 1. The largest absolute Gasteiger partial charge is 0.279 e. The highest BCUT2D eigenvalue weighted by Crippen LogP contribution is 2.25. The maximum Gasteiger partial charge on any atom is 0.264 e. The Morgan fingerprint density at radius 3 is 2.64 bits per heavy atom. The molecule has 22 heavy (non-hydrogen) atoms. The molecule has 1 heterocycles. The Bertz CT molecular complexity index is 955. The van der Waals surface area contributed by atoms with E-state index in [0.29, 0.717) is 10.9 Å². The molecule has 0 saturated carbocycles. The Morgan fingerprint density at radius 2 is 1.86 bits per heavy atom. The van der Waals surface area contributed by atoms with Crippen LogP contribution in [-0.2, 0) is 10.0 Å². The van der Waals surface area contributed by atoms with Gasteiger partial charge in [-0.3, -0.25) is 9.71 Å². The number of benzene rings is 2. The maximum atomic E-state index is 13.5. The van der Waals surface area contributed by atoms with Gasteiger partial charge in [0.05, 0.1) is 15.7 Å². The van der Waals surface area contributed by atoms with Crippen LogP contribution in [0.2, 0.25) is 0 Å². The van der Waals surface area contributed by atoms with Crippen molar-refractivity contribution in [1.82, 2.24) is 4.98 Å². The number of nitrogens with zero attached hydrogens (tertiary/aromatic N) is 1. The van der Waals surface area contributed by atoms with E-state index >= 15 is 0 Å². The summed E-state index contributed by atoms with van der Waals surface area (Å²) in [4.78, 5) is 4.17. The van der Waals surface area contributed by atoms with E-state index in [1.54, 1.807) is 24.3 Å². The summed E-state index contributed by atoms with van der Waals surface area (Å²) in [5.74, 6) is -0.545. The Labute approximate surface area is 135 Å². The van der Waals surface area contributed by atoms with Gasteiger partial charge in [-0.2, -0.15) is 0 Å². The van der Waals surface area contributed by atoms with E-state index in [2.05, 4.69) is 25.6 Å². The van der Waals surface area contributed by atoms with Gasteiger partial charge in [-0.25, -0.2) is 12.8 Å². The predicted molar refractivity (Wildman–Crippen MR) is 86.7 cm³/mol. The SMILES string of the molecule is O=S(=O)(Nc1ccc(Br)c(F)c1)c1cccc2cccnc12. The molecular weight excluding hydrogens is 371 g/mol. The zero-order chi connectivity index (χ0) is 15.7. The molecule has 0 unspecified atom stereocenters. The first-order valence-corrected chi connectivity index (χ1v) is 8.56. The zero-order valence-electron chi connectivity index (χ0n) is 11.1. The molecule has 0 amide bonds. The summed E-state index contributed by atoms with van der Waals surface area (Å²) in [6.07, 6.45) is 1.53. The van der Waals surface area contributed by atoms with Gasteiger partial charge in [0.1, 0.15) is 10.7 Å². The molecule has 7 heteroatoms. The minimum atomic E-state index is -3.86. The second kappa shape index (κ2) is 5.66. The quantitative estimate of drug-likeness (QED) is 0.748. The van der Waals surface area contributed by atoms with Crippen molar-refractivity contribution in [1.29, 1.82) is 0 Å². The number of fused-ring (bicyclic) bond motifs is 1. The average molecular weight is 381 g/mol. The first kappa shape index (κ1) is 14.9. The summed E-state index contributed by atoms with van der Waals surface area (Å²) in [5.41, 5.74) is 0.517. The standard InChI is InChI=1S/C15H10BrFN2O2S/c16-12-7-6-11(9-13(12)17)19-22(20,21)14-5-1-3-10-4-2-8-18-15(10)14/h1-9,19H. The summed E-state index contributed by atoms with van der Waals surface area (Å²) < 4.78 is 41.2. The molecule has 0 spiro atoms. The van der Waals surface area contributed by atoms with Crippen LogP contribution in [0.5, 0.6) is 0 Å². The third-order valence-electron chi connectivity index (χ3n) is 3.06. The fourth-order valence-electron chi connectivity index (χ4n) is 2.06. The van der Waals surface area contributed by atoms with E-state index in [-0.39, 0.29) is 15.1 Å². The van der Waals surface area contributed by atoms with Crippen molar-refractivity contribution in [2.45, 2.75) is 4.90 Å². The fourth-order valence-corrected chi connectivity index (χ4v) is 3.54. The number of nitrogens with one attached hydrogen (secondary N) is 1. The normalized spacial score (nSPS) is 11.5. The molecular formula is C15H10BrFN2O2S. The van der Waals surface area contributed by atoms with E-state index in [0.717, 1.165) is 6.07 Å². The van der Waals surface area contributed by atoms with Crippen LogP contribution < -0.4 is 4.72 Å². The zero-order valence-corrected chi connectivity index (χ0v) is 13.5. The van der Waals surface area contributed by atoms with Gasteiger partial charge in [-0.1, -0.05) is 18.2 Å². The Balaban J connectivity index is 2.07. The Hall–Kier alpha value is -1.99. The van der Waals surface area contributed by atoms with E-state index in [4.69, 9.17) is 0 Å². The number of pyridine rings is 1. The lowest BCUT2D eigenvalue weighted by Crippen LogP contribution is -2.13. The van der Waals surface area contributed by atoms with E-state index in [1.165, 1.54) is 24.4 Å². The van der Waals surface area contributed by atoms with Gasteiger partial charge < -0.3 is 0 Å². The van der Waals surface area contributed by atoms with Crippen LogP contribution in [0, 0.1) is 5.82 Å². The molecule has 0 atom stereocenters. The molecule has 1 N–H and O–H groups in total. The van der Waals surface area contributed by atoms with Crippen LogP contribution in [0.15, 0.2) is 64.1 Å². The second-order valence-electron chi connectivity index (χ2n) is 4.57. The highest BCUT2D eigenvalue weighted by atomic mass is 79.9. The van der Waals surface area contributed by atoms with Crippen molar-refractivity contribution < 1.29 is 12.8 Å². The van der Waals surface area contributed by atoms with Crippen molar-refractivity contribution in [3.8, 4) is 0 Å². The van der Waals surface area contributed by atoms with Crippen LogP contribution >= 0.6 is 15.9 Å². The topological polar surface area (TPSA) is 59.1 Å². The molecule has 0 aliphatic heterocycles. The van der Waals surface area contributed by atoms with Crippen LogP contribution in [0.1, 0.15) is 0 Å². The molecule has 112 valence electrons. The smallest absolute Gasteiger partial charge is 0.264 e. The monoisotopic (exact) mass is 380 g/mol. The minimum Gasteiger partial charge on any atom is -0.279 e. The van der Waals surface area contributed by atoms with Gasteiger partial charge in [-0.05, 0) is 46.3 Å². The first-order chi connectivity index (χ1) is 10.5. The van der Waals surface area contributed by atoms with Gasteiger partial charge >= 0.3 is 0 Å². The summed E-state index contributed by atoms with van der Waals surface area (Å²) in [6, 6.07) is 12.4. The van der Waals surface area contributed by atoms with E-state index in [1.807, 2.05) is 0 Å². The lowest BCUT2D eigenvalue weighted by atomic mass is 10.2. The fraction of sp³-hybridized carbons (Fsp3) is 0. The molecule has 1 aromatic heterocycles. The van der Waals surface area contributed by atoms with E-state index < -0.39 is 15.8 Å². The third-order valence-corrected chi connectivity index (χ3v) is 5.11. The highest BCUT2D eigenvalue weighted by molar-refractivity contribution is 9.10. The summed E-state index contributed by atoms with van der Waals surface area (Å²) >= 11 is 3.02. The van der Waals surface area contributed by atoms with Crippen LogP contribution in [0.25, 0.3) is 10.9 Å². The number of hydrogen-bond acceptors (Lipinski definition) is 3. The number of aromatic nitrogens is 1. The molecule has 0 aliphatic rings. The Kier molecular flexibility index (Phi) is 3.84. The number of para-hydroxylation sites is 1. The second-order valence-corrected chi connectivity index (χ2v) is 7.07. The molecule has 2 aromatic carbocycles. The summed E-state index contributed by atoms with van der Waals surface area (Å²) in [6.45, 7) is 0. The highest BCUT2D eigenvalue weighted by Gasteiger charge is 2.18.